The predicted octanol–water partition coefficient (Wildman–Crippen LogP) is 2.75. The number of aldehydes is 1. The largest absolute Gasteiger partial charge is 0.494 e. The van der Waals surface area contributed by atoms with Crippen LogP contribution in [-0.4, -0.2) is 25.9 Å². The van der Waals surface area contributed by atoms with E-state index in [1.807, 2.05) is 17.8 Å². The Hall–Kier alpha value is -2.39. The summed E-state index contributed by atoms with van der Waals surface area (Å²) in [6.07, 6.45) is 3.66. The number of carbonyl (C=O) groups excluding carboxylic acids is 2. The molecular weight excluding hydrogens is 273 g/mol. The standard InChI is InChI=1S/C16H16FNO3/c1-11-7-12(10-20)13-8-14(17)16(21-2)9-15(13)18(11)5-3-4-6-19/h6-9H,3-5H2,1-2H3. The number of methoxy groups -OCH3 is 1. The maximum atomic E-state index is 13.9. The number of nitrogens with zero attached hydrogens (tertiary/aromatic N) is 1. The molecule has 110 valence electrons. The van der Waals surface area contributed by atoms with Crippen molar-refractivity contribution in [2.24, 2.45) is 0 Å². The Morgan fingerprint density at radius 1 is 1.43 bits per heavy atom. The van der Waals surface area contributed by atoms with Crippen LogP contribution in [0.25, 0.3) is 5.57 Å². The van der Waals surface area contributed by atoms with E-state index in [0.29, 0.717) is 36.2 Å². The summed E-state index contributed by atoms with van der Waals surface area (Å²) in [6, 6.07) is 2.85. The van der Waals surface area contributed by atoms with Gasteiger partial charge < -0.3 is 14.4 Å². The van der Waals surface area contributed by atoms with Crippen molar-refractivity contribution in [3.8, 4) is 5.75 Å². The van der Waals surface area contributed by atoms with Gasteiger partial charge in [0.15, 0.2) is 11.6 Å². The van der Waals surface area contributed by atoms with Crippen LogP contribution in [0.15, 0.2) is 23.9 Å². The van der Waals surface area contributed by atoms with Crippen molar-refractivity contribution in [1.29, 1.82) is 0 Å². The van der Waals surface area contributed by atoms with Gasteiger partial charge in [0, 0.05) is 30.3 Å². The molecule has 0 saturated carbocycles. The van der Waals surface area contributed by atoms with E-state index in [4.69, 9.17) is 4.74 Å². The van der Waals surface area contributed by atoms with Crippen LogP contribution in [-0.2, 0) is 9.59 Å². The molecule has 1 aliphatic rings. The molecule has 21 heavy (non-hydrogen) atoms. The first-order valence-corrected chi connectivity index (χ1v) is 6.64. The Bertz CT molecular complexity index is 645. The summed E-state index contributed by atoms with van der Waals surface area (Å²) in [5, 5.41) is 0. The van der Waals surface area contributed by atoms with Gasteiger partial charge in [0.2, 0.25) is 0 Å². The van der Waals surface area contributed by atoms with Crippen LogP contribution in [0.2, 0.25) is 0 Å². The summed E-state index contributed by atoms with van der Waals surface area (Å²) in [7, 11) is 1.39. The van der Waals surface area contributed by atoms with Gasteiger partial charge in [0.05, 0.1) is 18.4 Å². The van der Waals surface area contributed by atoms with Gasteiger partial charge in [0.25, 0.3) is 0 Å². The van der Waals surface area contributed by atoms with Crippen molar-refractivity contribution in [3.63, 3.8) is 0 Å². The van der Waals surface area contributed by atoms with E-state index >= 15 is 0 Å². The zero-order valence-corrected chi connectivity index (χ0v) is 12.0. The SMILES string of the molecule is COc1cc2c(cc1F)C(=C=O)C=C(C)N2CCCC=O. The molecule has 0 spiro atoms. The van der Waals surface area contributed by atoms with Crippen LogP contribution in [0.1, 0.15) is 25.3 Å². The molecule has 4 nitrogen and oxygen atoms in total. The third kappa shape index (κ3) is 2.88. The normalized spacial score (nSPS) is 13.4. The van der Waals surface area contributed by atoms with E-state index in [1.165, 1.54) is 13.2 Å². The van der Waals surface area contributed by atoms with Gasteiger partial charge in [-0.15, -0.1) is 0 Å². The summed E-state index contributed by atoms with van der Waals surface area (Å²) in [6.45, 7) is 2.46. The number of allylic oxidation sites excluding steroid dienone is 3. The van der Waals surface area contributed by atoms with Crippen molar-refractivity contribution in [3.05, 3.63) is 35.3 Å². The first kappa shape index (κ1) is 15.0. The van der Waals surface area contributed by atoms with Crippen molar-refractivity contribution in [2.75, 3.05) is 18.6 Å². The molecule has 0 bridgehead atoms. The summed E-state index contributed by atoms with van der Waals surface area (Å²) in [5.41, 5.74) is 2.34. The Labute approximate surface area is 122 Å². The second-order valence-electron chi connectivity index (χ2n) is 4.77. The fourth-order valence-corrected chi connectivity index (χ4v) is 2.41. The average molecular weight is 289 g/mol. The number of hydrogen-bond acceptors (Lipinski definition) is 4. The van der Waals surface area contributed by atoms with Gasteiger partial charge in [-0.1, -0.05) is 0 Å². The highest BCUT2D eigenvalue weighted by atomic mass is 19.1. The third-order valence-corrected chi connectivity index (χ3v) is 3.44. The monoisotopic (exact) mass is 289 g/mol. The van der Waals surface area contributed by atoms with Crippen LogP contribution in [0.4, 0.5) is 10.1 Å². The highest BCUT2D eigenvalue weighted by Gasteiger charge is 2.23. The molecule has 1 aromatic carbocycles. The lowest BCUT2D eigenvalue weighted by Gasteiger charge is -2.31. The lowest BCUT2D eigenvalue weighted by atomic mass is 9.98. The van der Waals surface area contributed by atoms with Crippen LogP contribution >= 0.6 is 0 Å². The second kappa shape index (κ2) is 6.37. The minimum atomic E-state index is -0.523. The number of unbranched alkanes of at least 4 members (excludes halogenated alkanes) is 1. The number of benzene rings is 1. The van der Waals surface area contributed by atoms with Crippen LogP contribution in [0.3, 0.4) is 0 Å². The second-order valence-corrected chi connectivity index (χ2v) is 4.77. The fraction of sp³-hybridized carbons (Fsp3) is 0.312. The summed E-state index contributed by atoms with van der Waals surface area (Å²) >= 11 is 0. The zero-order valence-electron chi connectivity index (χ0n) is 12.0. The molecule has 0 saturated heterocycles. The number of rotatable bonds is 5. The molecule has 0 aromatic heterocycles. The molecule has 1 aliphatic heterocycles. The quantitative estimate of drug-likeness (QED) is 0.475. The zero-order chi connectivity index (χ0) is 15.4. The molecular formula is C16H16FNO3. The van der Waals surface area contributed by atoms with Gasteiger partial charge in [-0.3, -0.25) is 0 Å². The van der Waals surface area contributed by atoms with E-state index in [-0.39, 0.29) is 5.75 Å². The number of hydrogen-bond donors (Lipinski definition) is 0. The molecule has 0 amide bonds. The Morgan fingerprint density at radius 2 is 2.19 bits per heavy atom. The van der Waals surface area contributed by atoms with E-state index in [0.717, 1.165) is 12.0 Å². The minimum absolute atomic E-state index is 0.120. The van der Waals surface area contributed by atoms with Gasteiger partial charge in [-0.05, 0) is 25.5 Å². The molecule has 1 aromatic rings. The molecule has 2 rings (SSSR count). The first-order valence-electron chi connectivity index (χ1n) is 6.64. The van der Waals surface area contributed by atoms with Gasteiger partial charge in [-0.2, -0.15) is 0 Å². The maximum absolute atomic E-state index is 13.9. The minimum Gasteiger partial charge on any atom is -0.494 e. The average Bonchev–Trinajstić information content (AvgIpc) is 2.48. The third-order valence-electron chi connectivity index (χ3n) is 3.44. The molecule has 0 radical (unpaired) electrons. The number of carbonyl (C=O) groups is 1. The van der Waals surface area contributed by atoms with Crippen molar-refractivity contribution < 1.29 is 18.7 Å². The molecule has 5 heteroatoms. The lowest BCUT2D eigenvalue weighted by molar-refractivity contribution is -0.107. The predicted molar refractivity (Wildman–Crippen MR) is 78.5 cm³/mol. The summed E-state index contributed by atoms with van der Waals surface area (Å²) in [5.74, 6) is 1.44. The highest BCUT2D eigenvalue weighted by molar-refractivity contribution is 6.00. The number of fused-ring (bicyclic) bond motifs is 1. The van der Waals surface area contributed by atoms with Crippen LogP contribution < -0.4 is 9.64 Å². The molecule has 0 unspecified atom stereocenters. The topological polar surface area (TPSA) is 46.6 Å². The van der Waals surface area contributed by atoms with Gasteiger partial charge in [-0.25, -0.2) is 9.18 Å². The van der Waals surface area contributed by atoms with Crippen molar-refractivity contribution in [2.45, 2.75) is 19.8 Å². The smallest absolute Gasteiger partial charge is 0.165 e. The molecule has 0 atom stereocenters. The molecule has 0 aliphatic carbocycles. The summed E-state index contributed by atoms with van der Waals surface area (Å²) < 4.78 is 18.9. The Kier molecular flexibility index (Phi) is 4.55. The number of halogens is 1. The van der Waals surface area contributed by atoms with E-state index < -0.39 is 5.82 Å². The molecule has 0 N–H and O–H groups in total. The fourth-order valence-electron chi connectivity index (χ4n) is 2.41. The highest BCUT2D eigenvalue weighted by Crippen LogP contribution is 2.38. The first-order chi connectivity index (χ1) is 10.1. The van der Waals surface area contributed by atoms with Crippen molar-refractivity contribution >= 4 is 23.5 Å². The molecule has 1 heterocycles. The van der Waals surface area contributed by atoms with Crippen LogP contribution in [0, 0.1) is 5.82 Å². The van der Waals surface area contributed by atoms with Crippen molar-refractivity contribution in [1.82, 2.24) is 0 Å². The van der Waals surface area contributed by atoms with Crippen LogP contribution in [0.5, 0.6) is 5.75 Å². The van der Waals surface area contributed by atoms with Gasteiger partial charge in [0.1, 0.15) is 12.2 Å². The van der Waals surface area contributed by atoms with E-state index in [9.17, 15) is 14.0 Å². The molecule has 0 fully saturated rings. The number of ether oxygens (including phenoxy) is 1. The van der Waals surface area contributed by atoms with Gasteiger partial charge >= 0.3 is 0 Å². The Balaban J connectivity index is 2.50. The Morgan fingerprint density at radius 3 is 2.81 bits per heavy atom. The lowest BCUT2D eigenvalue weighted by Crippen LogP contribution is -2.26. The summed E-state index contributed by atoms with van der Waals surface area (Å²) in [4.78, 5) is 23.5. The van der Waals surface area contributed by atoms with E-state index in [2.05, 4.69) is 0 Å². The van der Waals surface area contributed by atoms with E-state index in [1.54, 1.807) is 12.1 Å². The number of anilines is 1. The maximum Gasteiger partial charge on any atom is 0.165 e.